The van der Waals surface area contributed by atoms with Crippen molar-refractivity contribution >= 4 is 5.91 Å². The molecule has 0 aliphatic carbocycles. The second kappa shape index (κ2) is 8.48. The Morgan fingerprint density at radius 2 is 2.00 bits per heavy atom. The predicted molar refractivity (Wildman–Crippen MR) is 64.8 cm³/mol. The Balaban J connectivity index is 3.28. The van der Waals surface area contributed by atoms with Gasteiger partial charge in [0.05, 0.1) is 0 Å². The number of amides is 1. The van der Waals surface area contributed by atoms with Crippen molar-refractivity contribution in [2.75, 3.05) is 13.1 Å². The molecule has 0 fully saturated rings. The zero-order valence-electron chi connectivity index (χ0n) is 10.2. The molecule has 1 amide bonds. The van der Waals surface area contributed by atoms with Gasteiger partial charge in [0, 0.05) is 19.0 Å². The Morgan fingerprint density at radius 3 is 2.53 bits per heavy atom. The molecule has 0 aliphatic rings. The summed E-state index contributed by atoms with van der Waals surface area (Å²) in [4.78, 5) is 11.3. The number of rotatable bonds is 8. The molecule has 88 valence electrons. The van der Waals surface area contributed by atoms with Crippen LogP contribution in [0.1, 0.15) is 40.0 Å². The van der Waals surface area contributed by atoms with Crippen LogP contribution < -0.4 is 10.6 Å². The first-order chi connectivity index (χ1) is 7.02. The molecule has 0 aromatic rings. The predicted octanol–water partition coefficient (Wildman–Crippen LogP) is 1.85. The lowest BCUT2D eigenvalue weighted by molar-refractivity contribution is -0.121. The van der Waals surface area contributed by atoms with Crippen LogP contribution in [-0.2, 0) is 4.79 Å². The van der Waals surface area contributed by atoms with Gasteiger partial charge in [-0.05, 0) is 26.3 Å². The summed E-state index contributed by atoms with van der Waals surface area (Å²) < 4.78 is 0. The highest BCUT2D eigenvalue weighted by atomic mass is 16.1. The quantitative estimate of drug-likeness (QED) is 0.476. The lowest BCUT2D eigenvalue weighted by atomic mass is 10.2. The zero-order valence-corrected chi connectivity index (χ0v) is 10.2. The molecule has 15 heavy (non-hydrogen) atoms. The molecule has 0 atom stereocenters. The van der Waals surface area contributed by atoms with E-state index in [1.165, 1.54) is 0 Å². The van der Waals surface area contributed by atoms with Crippen LogP contribution in [0.25, 0.3) is 0 Å². The summed E-state index contributed by atoms with van der Waals surface area (Å²) in [6.45, 7) is 11.5. The van der Waals surface area contributed by atoms with Crippen LogP contribution in [-0.4, -0.2) is 25.0 Å². The summed E-state index contributed by atoms with van der Waals surface area (Å²) in [7, 11) is 0. The van der Waals surface area contributed by atoms with Crippen LogP contribution in [0, 0.1) is 0 Å². The molecule has 0 aromatic carbocycles. The lowest BCUT2D eigenvalue weighted by Crippen LogP contribution is -2.26. The van der Waals surface area contributed by atoms with Crippen molar-refractivity contribution in [3.63, 3.8) is 0 Å². The van der Waals surface area contributed by atoms with Gasteiger partial charge in [0.15, 0.2) is 0 Å². The Kier molecular flexibility index (Phi) is 8.01. The SMILES string of the molecule is C=C(C)CNC(=O)CCCCNC(C)C. The van der Waals surface area contributed by atoms with E-state index in [4.69, 9.17) is 0 Å². The Hall–Kier alpha value is -0.830. The molecule has 3 nitrogen and oxygen atoms in total. The number of unbranched alkanes of at least 4 members (excludes halogenated alkanes) is 1. The van der Waals surface area contributed by atoms with Crippen LogP contribution >= 0.6 is 0 Å². The summed E-state index contributed by atoms with van der Waals surface area (Å²) in [6.07, 6.45) is 2.62. The van der Waals surface area contributed by atoms with Gasteiger partial charge in [0.25, 0.3) is 0 Å². The number of hydrogen-bond acceptors (Lipinski definition) is 2. The smallest absolute Gasteiger partial charge is 0.220 e. The molecule has 0 rings (SSSR count). The summed E-state index contributed by atoms with van der Waals surface area (Å²) in [5, 5.41) is 6.15. The number of carbonyl (C=O) groups is 1. The van der Waals surface area contributed by atoms with E-state index in [1.807, 2.05) is 6.92 Å². The van der Waals surface area contributed by atoms with Gasteiger partial charge in [0.1, 0.15) is 0 Å². The first kappa shape index (κ1) is 14.2. The second-order valence-corrected chi connectivity index (χ2v) is 4.30. The van der Waals surface area contributed by atoms with E-state index < -0.39 is 0 Å². The minimum atomic E-state index is 0.127. The molecular formula is C12H24N2O. The van der Waals surface area contributed by atoms with Gasteiger partial charge in [-0.15, -0.1) is 0 Å². The summed E-state index contributed by atoms with van der Waals surface area (Å²) in [6, 6.07) is 0.530. The van der Waals surface area contributed by atoms with Crippen molar-refractivity contribution < 1.29 is 4.79 Å². The van der Waals surface area contributed by atoms with Crippen LogP contribution in [0.2, 0.25) is 0 Å². The molecule has 0 heterocycles. The maximum absolute atomic E-state index is 11.3. The highest BCUT2D eigenvalue weighted by molar-refractivity contribution is 5.76. The molecule has 3 heteroatoms. The van der Waals surface area contributed by atoms with Crippen LogP contribution in [0.15, 0.2) is 12.2 Å². The monoisotopic (exact) mass is 212 g/mol. The van der Waals surface area contributed by atoms with Crippen molar-refractivity contribution in [2.45, 2.75) is 46.1 Å². The van der Waals surface area contributed by atoms with E-state index in [1.54, 1.807) is 0 Å². The number of nitrogens with one attached hydrogen (secondary N) is 2. The van der Waals surface area contributed by atoms with Crippen molar-refractivity contribution in [1.82, 2.24) is 10.6 Å². The molecule has 0 bridgehead atoms. The van der Waals surface area contributed by atoms with E-state index >= 15 is 0 Å². The summed E-state index contributed by atoms with van der Waals surface area (Å²) >= 11 is 0. The Labute approximate surface area is 93.3 Å². The third-order valence-electron chi connectivity index (χ3n) is 1.97. The zero-order chi connectivity index (χ0) is 11.7. The van der Waals surface area contributed by atoms with E-state index in [-0.39, 0.29) is 5.91 Å². The average Bonchev–Trinajstić information content (AvgIpc) is 2.13. The summed E-state index contributed by atoms with van der Waals surface area (Å²) in [5.41, 5.74) is 0.991. The fraction of sp³-hybridized carbons (Fsp3) is 0.750. The van der Waals surface area contributed by atoms with Crippen LogP contribution in [0.4, 0.5) is 0 Å². The van der Waals surface area contributed by atoms with Gasteiger partial charge in [-0.3, -0.25) is 4.79 Å². The van der Waals surface area contributed by atoms with Gasteiger partial charge in [-0.2, -0.15) is 0 Å². The van der Waals surface area contributed by atoms with Crippen molar-refractivity contribution in [3.8, 4) is 0 Å². The average molecular weight is 212 g/mol. The van der Waals surface area contributed by atoms with Crippen molar-refractivity contribution in [2.24, 2.45) is 0 Å². The van der Waals surface area contributed by atoms with Crippen LogP contribution in [0.5, 0.6) is 0 Å². The number of carbonyl (C=O) groups excluding carboxylic acids is 1. The fourth-order valence-corrected chi connectivity index (χ4v) is 1.14. The fourth-order valence-electron chi connectivity index (χ4n) is 1.14. The van der Waals surface area contributed by atoms with Gasteiger partial charge in [0.2, 0.25) is 5.91 Å². The molecular weight excluding hydrogens is 188 g/mol. The molecule has 0 spiro atoms. The van der Waals surface area contributed by atoms with Crippen LogP contribution in [0.3, 0.4) is 0 Å². The largest absolute Gasteiger partial charge is 0.352 e. The lowest BCUT2D eigenvalue weighted by Gasteiger charge is -2.07. The van der Waals surface area contributed by atoms with E-state index in [0.717, 1.165) is 25.0 Å². The first-order valence-corrected chi connectivity index (χ1v) is 5.67. The maximum atomic E-state index is 11.3. The number of hydrogen-bond donors (Lipinski definition) is 2. The minimum Gasteiger partial charge on any atom is -0.352 e. The molecule has 0 unspecified atom stereocenters. The molecule has 2 N–H and O–H groups in total. The Bertz CT molecular complexity index is 200. The van der Waals surface area contributed by atoms with Gasteiger partial charge in [-0.25, -0.2) is 0 Å². The van der Waals surface area contributed by atoms with Gasteiger partial charge < -0.3 is 10.6 Å². The van der Waals surface area contributed by atoms with E-state index in [0.29, 0.717) is 19.0 Å². The summed E-state index contributed by atoms with van der Waals surface area (Å²) in [5.74, 6) is 0.127. The standard InChI is InChI=1S/C12H24N2O/c1-10(2)9-14-12(15)7-5-6-8-13-11(3)4/h11,13H,1,5-9H2,2-4H3,(H,14,15). The highest BCUT2D eigenvalue weighted by Gasteiger charge is 2.00. The normalized spacial score (nSPS) is 10.4. The molecule has 0 saturated carbocycles. The van der Waals surface area contributed by atoms with Crippen molar-refractivity contribution in [1.29, 1.82) is 0 Å². The van der Waals surface area contributed by atoms with Gasteiger partial charge in [-0.1, -0.05) is 26.0 Å². The maximum Gasteiger partial charge on any atom is 0.220 e. The van der Waals surface area contributed by atoms with E-state index in [9.17, 15) is 4.79 Å². The molecule has 0 radical (unpaired) electrons. The molecule has 0 saturated heterocycles. The minimum absolute atomic E-state index is 0.127. The van der Waals surface area contributed by atoms with Crippen molar-refractivity contribution in [3.05, 3.63) is 12.2 Å². The topological polar surface area (TPSA) is 41.1 Å². The third-order valence-corrected chi connectivity index (χ3v) is 1.97. The third kappa shape index (κ3) is 11.1. The highest BCUT2D eigenvalue weighted by Crippen LogP contribution is 1.95. The van der Waals surface area contributed by atoms with Gasteiger partial charge >= 0.3 is 0 Å². The second-order valence-electron chi connectivity index (χ2n) is 4.30. The first-order valence-electron chi connectivity index (χ1n) is 5.67. The Morgan fingerprint density at radius 1 is 1.33 bits per heavy atom. The van der Waals surface area contributed by atoms with E-state index in [2.05, 4.69) is 31.1 Å². The molecule has 0 aromatic heterocycles. The molecule has 0 aliphatic heterocycles.